The summed E-state index contributed by atoms with van der Waals surface area (Å²) in [6.45, 7) is 4.65. The molecule has 2 heterocycles. The zero-order valence-corrected chi connectivity index (χ0v) is 19.5. The standard InChI is InChI=1S/C26H22ClN3OS/c1-18-5-11-23(12-6-18)28-14-13-24(31)25-19(2)29-26(32-25)21-4-3-15-30(17-21)16-20-7-9-22(27)10-8-20/h3-15,17H,16H2,1-2H3/p+1. The first-order chi connectivity index (χ1) is 15.5. The Bertz CT molecular complexity index is 1260. The molecule has 0 radical (unpaired) electrons. The van der Waals surface area contributed by atoms with E-state index >= 15 is 0 Å². The van der Waals surface area contributed by atoms with E-state index in [9.17, 15) is 4.79 Å². The number of anilines is 1. The molecular weight excluding hydrogens is 438 g/mol. The lowest BCUT2D eigenvalue weighted by molar-refractivity contribution is -0.687. The predicted octanol–water partition coefficient (Wildman–Crippen LogP) is 6.22. The van der Waals surface area contributed by atoms with Crippen molar-refractivity contribution in [2.45, 2.75) is 20.4 Å². The summed E-state index contributed by atoms with van der Waals surface area (Å²) in [5.74, 6) is -0.0594. The van der Waals surface area contributed by atoms with Crippen molar-refractivity contribution < 1.29 is 9.36 Å². The number of allylic oxidation sites excluding steroid dienone is 1. The molecule has 4 rings (SSSR count). The van der Waals surface area contributed by atoms with Gasteiger partial charge in [0.25, 0.3) is 0 Å². The highest BCUT2D eigenvalue weighted by molar-refractivity contribution is 7.17. The third kappa shape index (κ3) is 5.49. The van der Waals surface area contributed by atoms with Crippen LogP contribution in [0.1, 0.15) is 26.5 Å². The maximum atomic E-state index is 12.7. The van der Waals surface area contributed by atoms with E-state index in [-0.39, 0.29) is 5.78 Å². The van der Waals surface area contributed by atoms with Gasteiger partial charge in [0.2, 0.25) is 0 Å². The molecular formula is C26H23ClN3OS+. The Morgan fingerprint density at radius 3 is 2.59 bits per heavy atom. The van der Waals surface area contributed by atoms with E-state index < -0.39 is 0 Å². The smallest absolute Gasteiger partial charge is 0.199 e. The highest BCUT2D eigenvalue weighted by Crippen LogP contribution is 2.27. The molecule has 4 nitrogen and oxygen atoms in total. The first kappa shape index (κ1) is 21.9. The van der Waals surface area contributed by atoms with Gasteiger partial charge < -0.3 is 5.32 Å². The summed E-state index contributed by atoms with van der Waals surface area (Å²) in [7, 11) is 0. The second-order valence-electron chi connectivity index (χ2n) is 7.53. The summed E-state index contributed by atoms with van der Waals surface area (Å²) in [5.41, 5.74) is 5.02. The van der Waals surface area contributed by atoms with Gasteiger partial charge in [-0.05, 0) is 44.2 Å². The normalized spacial score (nSPS) is 11.1. The highest BCUT2D eigenvalue weighted by Gasteiger charge is 2.16. The third-order valence-electron chi connectivity index (χ3n) is 4.94. The van der Waals surface area contributed by atoms with E-state index in [2.05, 4.69) is 21.1 Å². The summed E-state index contributed by atoms with van der Waals surface area (Å²) >= 11 is 7.40. The molecule has 0 aliphatic carbocycles. The van der Waals surface area contributed by atoms with Gasteiger partial charge in [0, 0.05) is 34.6 Å². The van der Waals surface area contributed by atoms with Gasteiger partial charge in [0.15, 0.2) is 24.7 Å². The summed E-state index contributed by atoms with van der Waals surface area (Å²) < 4.78 is 2.10. The molecule has 0 atom stereocenters. The Balaban J connectivity index is 1.47. The molecule has 4 aromatic rings. The fraction of sp³-hybridized carbons (Fsp3) is 0.115. The van der Waals surface area contributed by atoms with Gasteiger partial charge in [-0.3, -0.25) is 4.79 Å². The zero-order chi connectivity index (χ0) is 22.5. The maximum Gasteiger partial charge on any atom is 0.199 e. The van der Waals surface area contributed by atoms with Gasteiger partial charge in [0.05, 0.1) is 16.1 Å². The molecule has 32 heavy (non-hydrogen) atoms. The van der Waals surface area contributed by atoms with Gasteiger partial charge in [0.1, 0.15) is 5.01 Å². The van der Waals surface area contributed by atoms with Gasteiger partial charge in [-0.2, -0.15) is 0 Å². The van der Waals surface area contributed by atoms with Crippen LogP contribution in [0.15, 0.2) is 85.3 Å². The van der Waals surface area contributed by atoms with E-state index in [1.807, 2.05) is 80.7 Å². The molecule has 0 aliphatic rings. The lowest BCUT2D eigenvalue weighted by Crippen LogP contribution is -2.33. The summed E-state index contributed by atoms with van der Waals surface area (Å²) in [6, 6.07) is 19.8. The molecule has 0 spiro atoms. The second kappa shape index (κ2) is 9.90. The summed E-state index contributed by atoms with van der Waals surface area (Å²) in [6.07, 6.45) is 7.30. The topological polar surface area (TPSA) is 45.9 Å². The van der Waals surface area contributed by atoms with Gasteiger partial charge in [-0.1, -0.05) is 41.4 Å². The number of hydrogen-bond donors (Lipinski definition) is 1. The monoisotopic (exact) mass is 460 g/mol. The second-order valence-corrected chi connectivity index (χ2v) is 8.97. The number of ketones is 1. The fourth-order valence-corrected chi connectivity index (χ4v) is 4.34. The van der Waals surface area contributed by atoms with Crippen molar-refractivity contribution in [3.63, 3.8) is 0 Å². The SMILES string of the molecule is Cc1ccc(N/C=C/C(=O)c2sc(-c3ccc[n+](Cc4ccc(Cl)cc4)c3)nc2C)cc1. The van der Waals surface area contributed by atoms with Crippen LogP contribution in [0.2, 0.25) is 5.02 Å². The van der Waals surface area contributed by atoms with Crippen molar-refractivity contribution >= 4 is 34.4 Å². The van der Waals surface area contributed by atoms with E-state index in [4.69, 9.17) is 11.6 Å². The Morgan fingerprint density at radius 2 is 1.84 bits per heavy atom. The zero-order valence-electron chi connectivity index (χ0n) is 17.9. The van der Waals surface area contributed by atoms with Gasteiger partial charge >= 0.3 is 0 Å². The molecule has 160 valence electrons. The molecule has 1 N–H and O–H groups in total. The van der Waals surface area contributed by atoms with Crippen LogP contribution >= 0.6 is 22.9 Å². The van der Waals surface area contributed by atoms with Crippen LogP contribution in [0.4, 0.5) is 5.69 Å². The van der Waals surface area contributed by atoms with Gasteiger partial charge in [-0.15, -0.1) is 11.3 Å². The quantitative estimate of drug-likeness (QED) is 0.202. The van der Waals surface area contributed by atoms with Crippen LogP contribution in [0, 0.1) is 13.8 Å². The molecule has 2 aromatic carbocycles. The highest BCUT2D eigenvalue weighted by atomic mass is 35.5. The first-order valence-electron chi connectivity index (χ1n) is 10.2. The Morgan fingerprint density at radius 1 is 1.09 bits per heavy atom. The van der Waals surface area contributed by atoms with Gasteiger partial charge in [-0.25, -0.2) is 9.55 Å². The molecule has 6 heteroatoms. The number of rotatable bonds is 7. The van der Waals surface area contributed by atoms with E-state index in [1.54, 1.807) is 12.3 Å². The van der Waals surface area contributed by atoms with Crippen LogP contribution in [0.5, 0.6) is 0 Å². The number of carbonyl (C=O) groups excluding carboxylic acids is 1. The number of benzene rings is 2. The molecule has 0 fully saturated rings. The number of carbonyl (C=O) groups is 1. The van der Waals surface area contributed by atoms with Crippen LogP contribution < -0.4 is 9.88 Å². The lowest BCUT2D eigenvalue weighted by atomic mass is 10.2. The van der Waals surface area contributed by atoms with E-state index in [0.717, 1.165) is 39.1 Å². The van der Waals surface area contributed by atoms with E-state index in [1.165, 1.54) is 16.9 Å². The first-order valence-corrected chi connectivity index (χ1v) is 11.4. The average molecular weight is 461 g/mol. The molecule has 0 saturated carbocycles. The average Bonchev–Trinajstić information content (AvgIpc) is 3.19. The minimum atomic E-state index is -0.0594. The van der Waals surface area contributed by atoms with Crippen molar-refractivity contribution in [2.24, 2.45) is 0 Å². The van der Waals surface area contributed by atoms with Crippen LogP contribution in [-0.2, 0) is 6.54 Å². The van der Waals surface area contributed by atoms with Crippen molar-refractivity contribution in [3.8, 4) is 10.6 Å². The van der Waals surface area contributed by atoms with Crippen LogP contribution in [0.25, 0.3) is 10.6 Å². The third-order valence-corrected chi connectivity index (χ3v) is 6.41. The number of nitrogens with zero attached hydrogens (tertiary/aromatic N) is 2. The van der Waals surface area contributed by atoms with Crippen molar-refractivity contribution in [1.82, 2.24) is 4.98 Å². The molecule has 0 aliphatic heterocycles. The Hall–Kier alpha value is -3.28. The van der Waals surface area contributed by atoms with Crippen LogP contribution in [-0.4, -0.2) is 10.8 Å². The molecule has 2 aromatic heterocycles. The number of halogens is 1. The largest absolute Gasteiger partial charge is 0.362 e. The predicted molar refractivity (Wildman–Crippen MR) is 131 cm³/mol. The molecule has 0 bridgehead atoms. The number of pyridine rings is 1. The molecule has 0 saturated heterocycles. The Labute approximate surface area is 196 Å². The fourth-order valence-electron chi connectivity index (χ4n) is 3.24. The minimum Gasteiger partial charge on any atom is -0.362 e. The number of aryl methyl sites for hydroxylation is 2. The summed E-state index contributed by atoms with van der Waals surface area (Å²) in [5, 5.41) is 4.69. The number of hydrogen-bond acceptors (Lipinski definition) is 4. The number of nitrogens with one attached hydrogen (secondary N) is 1. The Kier molecular flexibility index (Phi) is 6.78. The molecule has 0 unspecified atom stereocenters. The minimum absolute atomic E-state index is 0.0594. The van der Waals surface area contributed by atoms with Crippen molar-refractivity contribution in [1.29, 1.82) is 0 Å². The maximum absolute atomic E-state index is 12.7. The van der Waals surface area contributed by atoms with E-state index in [0.29, 0.717) is 4.88 Å². The number of thiazole rings is 1. The van der Waals surface area contributed by atoms with Crippen molar-refractivity contribution in [3.05, 3.63) is 112 Å². The molecule has 0 amide bonds. The lowest BCUT2D eigenvalue weighted by Gasteiger charge is -2.00. The van der Waals surface area contributed by atoms with Crippen molar-refractivity contribution in [2.75, 3.05) is 5.32 Å². The summed E-state index contributed by atoms with van der Waals surface area (Å²) in [4.78, 5) is 18.0. The number of aromatic nitrogens is 2. The van der Waals surface area contributed by atoms with Crippen LogP contribution in [0.3, 0.4) is 0 Å².